The summed E-state index contributed by atoms with van der Waals surface area (Å²) in [6.45, 7) is 0. The minimum atomic E-state index is -4.67. The van der Waals surface area contributed by atoms with Gasteiger partial charge >= 0.3 is 12.7 Å². The molecule has 5 aliphatic carbocycles. The number of alkyl halides is 6. The van der Waals surface area contributed by atoms with Crippen LogP contribution in [0.3, 0.4) is 0 Å². The lowest BCUT2D eigenvalue weighted by atomic mass is 9.39. The maximum Gasteiger partial charge on any atom is 0.522 e. The van der Waals surface area contributed by atoms with Crippen molar-refractivity contribution in [3.8, 4) is 0 Å². The van der Waals surface area contributed by atoms with Gasteiger partial charge in [0.1, 0.15) is 5.69 Å². The fourth-order valence-corrected chi connectivity index (χ4v) is 5.82. The monoisotopic (exact) mass is 521 g/mol. The Morgan fingerprint density at radius 1 is 1.00 bits per heavy atom. The van der Waals surface area contributed by atoms with E-state index in [0.717, 1.165) is 0 Å². The highest BCUT2D eigenvalue weighted by Crippen LogP contribution is 2.67. The Labute approximate surface area is 199 Å². The second-order valence-corrected chi connectivity index (χ2v) is 10.3. The van der Waals surface area contributed by atoms with Gasteiger partial charge in [0.05, 0.1) is 23.7 Å². The topological polar surface area (TPSA) is 104 Å². The Hall–Kier alpha value is -2.68. The maximum absolute atomic E-state index is 12.7. The lowest BCUT2D eigenvalue weighted by Crippen LogP contribution is -2.76. The molecular formula is C21H21F6N5O4. The van der Waals surface area contributed by atoms with E-state index in [4.69, 9.17) is 4.42 Å². The van der Waals surface area contributed by atoms with Crippen LogP contribution in [0.25, 0.3) is 0 Å². The summed E-state index contributed by atoms with van der Waals surface area (Å²) >= 11 is 0. The molecular weight excluding hydrogens is 500 g/mol. The average Bonchev–Trinajstić information content (AvgIpc) is 3.30. The summed E-state index contributed by atoms with van der Waals surface area (Å²) in [5, 5.41) is 15.3. The molecule has 5 fully saturated rings. The van der Waals surface area contributed by atoms with Crippen molar-refractivity contribution in [2.24, 2.45) is 0 Å². The summed E-state index contributed by atoms with van der Waals surface area (Å²) in [6.07, 6.45) is -7.13. The molecule has 0 aromatic carbocycles. The Kier molecular flexibility index (Phi) is 5.05. The molecule has 15 heteroatoms. The number of halogens is 6. The first-order chi connectivity index (χ1) is 16.8. The summed E-state index contributed by atoms with van der Waals surface area (Å²) < 4.78 is 88.9. The highest BCUT2D eigenvalue weighted by Gasteiger charge is 2.72. The molecule has 0 aliphatic heterocycles. The molecule has 2 aromatic heterocycles. The molecule has 7 rings (SSSR count). The van der Waals surface area contributed by atoms with Gasteiger partial charge < -0.3 is 9.73 Å². The van der Waals surface area contributed by atoms with Crippen LogP contribution < -0.4 is 5.32 Å². The predicted molar refractivity (Wildman–Crippen MR) is 104 cm³/mol. The van der Waals surface area contributed by atoms with Crippen LogP contribution in [0.2, 0.25) is 0 Å². The van der Waals surface area contributed by atoms with Gasteiger partial charge in [-0.2, -0.15) is 5.10 Å². The first-order valence-electron chi connectivity index (χ1n) is 11.5. The molecule has 0 unspecified atom stereocenters. The van der Waals surface area contributed by atoms with E-state index in [-0.39, 0.29) is 54.7 Å². The Balaban J connectivity index is 0.978. The van der Waals surface area contributed by atoms with Gasteiger partial charge in [-0.1, -0.05) is 0 Å². The van der Waals surface area contributed by atoms with Gasteiger partial charge in [-0.15, -0.1) is 36.5 Å². The van der Waals surface area contributed by atoms with Crippen LogP contribution in [0, 0.1) is 0 Å². The highest BCUT2D eigenvalue weighted by molar-refractivity contribution is 5.93. The van der Waals surface area contributed by atoms with Crippen LogP contribution in [0.4, 0.5) is 26.3 Å². The molecule has 0 radical (unpaired) electrons. The van der Waals surface area contributed by atoms with Crippen molar-refractivity contribution in [1.82, 2.24) is 25.3 Å². The zero-order valence-electron chi connectivity index (χ0n) is 18.6. The molecule has 36 heavy (non-hydrogen) atoms. The van der Waals surface area contributed by atoms with Crippen LogP contribution in [0.15, 0.2) is 16.7 Å². The van der Waals surface area contributed by atoms with E-state index in [2.05, 4.69) is 30.1 Å². The molecule has 0 spiro atoms. The predicted octanol–water partition coefficient (Wildman–Crippen LogP) is 3.89. The first-order valence-corrected chi connectivity index (χ1v) is 11.5. The molecule has 5 saturated carbocycles. The van der Waals surface area contributed by atoms with Crippen LogP contribution in [-0.4, -0.2) is 56.4 Å². The number of nitrogens with zero attached hydrogens (tertiary/aromatic N) is 4. The summed E-state index contributed by atoms with van der Waals surface area (Å²) in [5.41, 5.74) is -0.586. The van der Waals surface area contributed by atoms with E-state index in [1.807, 2.05) is 0 Å². The molecule has 9 nitrogen and oxygen atoms in total. The number of rotatable bonds is 7. The van der Waals surface area contributed by atoms with Crippen molar-refractivity contribution in [2.75, 3.05) is 0 Å². The molecule has 0 saturated heterocycles. The van der Waals surface area contributed by atoms with Crippen LogP contribution >= 0.6 is 0 Å². The van der Waals surface area contributed by atoms with Crippen LogP contribution in [0.5, 0.6) is 0 Å². The SMILES string of the molecule is O=C(NC12CC(c3nnc(C4CC(OC(F)(F)F)C4)o3)(C1)C2)c1ccn([C@H]2C[C@@H](OC(F)(F)F)C2)n1. The lowest BCUT2D eigenvalue weighted by molar-refractivity contribution is -0.354. The molecule has 0 atom stereocenters. The van der Waals surface area contributed by atoms with Crippen molar-refractivity contribution in [2.45, 2.75) is 92.8 Å². The smallest absolute Gasteiger partial charge is 0.424 e. The molecule has 196 valence electrons. The van der Waals surface area contributed by atoms with E-state index in [9.17, 15) is 31.1 Å². The fraction of sp³-hybridized carbons (Fsp3) is 0.714. The Bertz CT molecular complexity index is 1140. The third-order valence-corrected chi connectivity index (χ3v) is 7.63. The van der Waals surface area contributed by atoms with Crippen molar-refractivity contribution in [3.63, 3.8) is 0 Å². The zero-order valence-corrected chi connectivity index (χ0v) is 18.6. The van der Waals surface area contributed by atoms with Crippen molar-refractivity contribution < 1.29 is 45.0 Å². The van der Waals surface area contributed by atoms with E-state index >= 15 is 0 Å². The van der Waals surface area contributed by atoms with E-state index in [1.165, 1.54) is 10.7 Å². The van der Waals surface area contributed by atoms with E-state index < -0.39 is 30.5 Å². The largest absolute Gasteiger partial charge is 0.522 e. The van der Waals surface area contributed by atoms with E-state index in [1.54, 1.807) is 6.20 Å². The maximum atomic E-state index is 12.7. The minimum Gasteiger partial charge on any atom is -0.424 e. The standard InChI is InChI=1S/C21H21F6N5O4/c22-20(23,24)35-12-3-10(4-12)16-29-30-17(34-16)18-7-19(8-18,9-18)28-15(33)14-1-2-32(31-14)11-5-13(6-11)36-21(25,26)27/h1-2,10-13H,3-9H2,(H,28,33)/t10?,11-,12?,13+,18?,19?. The first kappa shape index (κ1) is 23.7. The quantitative estimate of drug-likeness (QED) is 0.552. The number of carbonyl (C=O) groups excluding carboxylic acids is 1. The van der Waals surface area contributed by atoms with Crippen molar-refractivity contribution in [1.29, 1.82) is 0 Å². The number of aromatic nitrogens is 4. The number of amides is 1. The highest BCUT2D eigenvalue weighted by atomic mass is 19.4. The molecule has 2 bridgehead atoms. The molecule has 1 N–H and O–H groups in total. The second kappa shape index (κ2) is 7.66. The third kappa shape index (κ3) is 4.25. The minimum absolute atomic E-state index is 0.164. The van der Waals surface area contributed by atoms with Crippen LogP contribution in [0.1, 0.15) is 79.2 Å². The Morgan fingerprint density at radius 3 is 2.22 bits per heavy atom. The molecule has 2 aromatic rings. The average molecular weight is 521 g/mol. The van der Waals surface area contributed by atoms with Gasteiger partial charge in [0.2, 0.25) is 11.8 Å². The normalized spacial score (nSPS) is 35.3. The molecule has 1 amide bonds. The fourth-order valence-electron chi connectivity index (χ4n) is 5.82. The van der Waals surface area contributed by atoms with Gasteiger partial charge in [-0.25, -0.2) is 0 Å². The van der Waals surface area contributed by atoms with Crippen LogP contribution in [-0.2, 0) is 14.9 Å². The van der Waals surface area contributed by atoms with Crippen molar-refractivity contribution in [3.05, 3.63) is 29.7 Å². The van der Waals surface area contributed by atoms with Gasteiger partial charge in [-0.05, 0) is 51.0 Å². The number of nitrogens with one attached hydrogen (secondary N) is 1. The van der Waals surface area contributed by atoms with Gasteiger partial charge in [-0.3, -0.25) is 19.0 Å². The number of hydrogen-bond acceptors (Lipinski definition) is 7. The number of hydrogen-bond donors (Lipinski definition) is 1. The Morgan fingerprint density at radius 2 is 1.61 bits per heavy atom. The summed E-state index contributed by atoms with van der Waals surface area (Å²) in [7, 11) is 0. The lowest BCUT2D eigenvalue weighted by Gasteiger charge is -2.68. The van der Waals surface area contributed by atoms with Gasteiger partial charge in [0, 0.05) is 17.7 Å². The van der Waals surface area contributed by atoms with E-state index in [0.29, 0.717) is 31.0 Å². The molecule has 5 aliphatic rings. The second-order valence-electron chi connectivity index (χ2n) is 10.3. The number of carbonyl (C=O) groups is 1. The van der Waals surface area contributed by atoms with Gasteiger partial charge in [0.25, 0.3) is 5.91 Å². The summed E-state index contributed by atoms with van der Waals surface area (Å²) in [6, 6.07) is 1.27. The third-order valence-electron chi connectivity index (χ3n) is 7.63. The zero-order chi connectivity index (χ0) is 25.5. The summed E-state index contributed by atoms with van der Waals surface area (Å²) in [5.74, 6) is 0.0968. The number of ether oxygens (including phenoxy) is 2. The molecule has 2 heterocycles. The van der Waals surface area contributed by atoms with Crippen molar-refractivity contribution >= 4 is 5.91 Å². The van der Waals surface area contributed by atoms with Gasteiger partial charge in [0.15, 0.2) is 0 Å². The summed E-state index contributed by atoms with van der Waals surface area (Å²) in [4.78, 5) is 12.7.